The zero-order valence-corrected chi connectivity index (χ0v) is 45.8. The van der Waals surface area contributed by atoms with Crippen LogP contribution >= 0.6 is 0 Å². The van der Waals surface area contributed by atoms with Gasteiger partial charge in [-0.15, -0.1) is 0 Å². The largest absolute Gasteiger partial charge is 0.483 e. The van der Waals surface area contributed by atoms with Crippen molar-refractivity contribution in [2.45, 2.75) is 226 Å². The van der Waals surface area contributed by atoms with E-state index in [1.807, 2.05) is 0 Å². The number of aliphatic hydroxyl groups is 1. The Bertz CT molecular complexity index is 926. The molecule has 3 saturated heterocycles. The van der Waals surface area contributed by atoms with Crippen LogP contribution in [0, 0.1) is 0 Å². The Morgan fingerprint density at radius 2 is 0.421 bits per heavy atom. The van der Waals surface area contributed by atoms with Gasteiger partial charge in [0.1, 0.15) is 0 Å². The maximum Gasteiger partial charge on any atom is 0.483 e. The molecule has 4 bridgehead atoms. The summed E-state index contributed by atoms with van der Waals surface area (Å²) in [5.41, 5.74) is 0. The van der Waals surface area contributed by atoms with Gasteiger partial charge in [0.25, 0.3) is 0 Å². The second-order valence-corrected chi connectivity index (χ2v) is 36.6. The summed E-state index contributed by atoms with van der Waals surface area (Å²) >= 11 is 0. The molecular formula is C36H84O13Si7Ti. The van der Waals surface area contributed by atoms with Crippen molar-refractivity contribution in [1.82, 2.24) is 0 Å². The predicted octanol–water partition coefficient (Wildman–Crippen LogP) is 9.66. The summed E-state index contributed by atoms with van der Waals surface area (Å²) in [5.74, 6) is 0. The first-order valence-corrected chi connectivity index (χ1v) is 36.4. The van der Waals surface area contributed by atoms with Gasteiger partial charge < -0.3 is 56.5 Å². The van der Waals surface area contributed by atoms with E-state index >= 15 is 0 Å². The zero-order chi connectivity index (χ0) is 41.7. The molecule has 13 nitrogen and oxygen atoms in total. The average Bonchev–Trinajstić information content (AvgIpc) is 3.11. The Balaban J connectivity index is 0.00000533. The zero-order valence-electron chi connectivity index (χ0n) is 37.3. The molecular weight excluding hydrogens is 885 g/mol. The summed E-state index contributed by atoms with van der Waals surface area (Å²) < 4.78 is 65.2. The molecule has 0 aromatic carbocycles. The number of hydrogen-bond acceptors (Lipinski definition) is 13. The number of rotatable bonds is 28. The smallest absolute Gasteiger partial charge is 0.400 e. The van der Waals surface area contributed by atoms with Crippen molar-refractivity contribution >= 4 is 61.6 Å². The van der Waals surface area contributed by atoms with E-state index in [9.17, 15) is 14.4 Å². The van der Waals surface area contributed by atoms with Crippen LogP contribution in [0.3, 0.4) is 0 Å². The van der Waals surface area contributed by atoms with Crippen molar-refractivity contribution in [1.29, 1.82) is 0 Å². The van der Waals surface area contributed by atoms with E-state index in [-0.39, 0.29) is 39.9 Å². The summed E-state index contributed by atoms with van der Waals surface area (Å²) in [6.45, 7) is 15.0. The third kappa shape index (κ3) is 18.8. The van der Waals surface area contributed by atoms with Crippen LogP contribution in [0.4, 0.5) is 0 Å². The number of aliphatic hydroxyl groups excluding tert-OH is 1. The van der Waals surface area contributed by atoms with E-state index < -0.39 is 61.6 Å². The molecule has 0 saturated carbocycles. The van der Waals surface area contributed by atoms with E-state index in [0.717, 1.165) is 123 Å². The topological polar surface area (TPSA) is 164 Å². The first-order chi connectivity index (χ1) is 26.8. The quantitative estimate of drug-likeness (QED) is 0.0433. The maximum absolute atomic E-state index is 12.9. The van der Waals surface area contributed by atoms with Crippen molar-refractivity contribution in [2.24, 2.45) is 0 Å². The van der Waals surface area contributed by atoms with Gasteiger partial charge in [-0.25, -0.2) is 0 Å². The molecule has 3 heterocycles. The molecule has 0 aromatic rings. The average molecular weight is 970 g/mol. The second-order valence-electron chi connectivity index (χ2n) is 16.0. The van der Waals surface area contributed by atoms with Gasteiger partial charge in [-0.3, -0.25) is 0 Å². The fraction of sp³-hybridized carbons (Fsp3) is 1.00. The molecule has 0 atom stereocenters. The summed E-state index contributed by atoms with van der Waals surface area (Å²) in [4.78, 5) is 38.7. The summed E-state index contributed by atoms with van der Waals surface area (Å²) in [6, 6.07) is 2.37. The third-order valence-corrected chi connectivity index (χ3v) is 39.9. The molecule has 3 rings (SSSR count). The van der Waals surface area contributed by atoms with Gasteiger partial charge in [0.15, 0.2) is 0 Å². The van der Waals surface area contributed by atoms with E-state index in [4.69, 9.17) is 42.1 Å². The van der Waals surface area contributed by atoms with E-state index in [0.29, 0.717) is 43.4 Å². The van der Waals surface area contributed by atoms with Crippen molar-refractivity contribution in [3.05, 3.63) is 0 Å². The first kappa shape index (κ1) is 56.7. The standard InChI is InChI=1S/C35H80O12Si7.CH4O.Ti/c1-8-15-22-29-48(36)39-51(32-25-18-11-4)41-49(37,30-23-16-9-2)43-53(34-27-20-13-6)44-50(38,31-24-17-10-3)42-52(40-48,33-26-19-12-5)46-54(45-51,47-53)35-28-21-14-7;1-2;/h36-38H,8-35H2,1-7H3;2H,1H3;. The van der Waals surface area contributed by atoms with Gasteiger partial charge in [-0.2, -0.15) is 0 Å². The van der Waals surface area contributed by atoms with Crippen molar-refractivity contribution < 1.29 is 78.2 Å². The molecule has 0 amide bonds. The van der Waals surface area contributed by atoms with Gasteiger partial charge in [-0.1, -0.05) is 138 Å². The van der Waals surface area contributed by atoms with Crippen molar-refractivity contribution in [3.8, 4) is 0 Å². The minimum Gasteiger partial charge on any atom is -0.400 e. The SMILES string of the molecule is CCCCC[Si]1(O)O[Si]2(CCCCC)O[Si](O)(CCCCC)O[Si]3(CCCCC)O[Si](O)(CCCCC)O[Si](CCCCC)(O1)O[Si](CCCCC)(O2)O3.CO.[Ti]. The van der Waals surface area contributed by atoms with E-state index in [2.05, 4.69) is 48.5 Å². The normalized spacial score (nSPS) is 33.9. The van der Waals surface area contributed by atoms with Gasteiger partial charge in [-0.05, 0) is 44.9 Å². The van der Waals surface area contributed by atoms with Gasteiger partial charge in [0, 0.05) is 71.1 Å². The Labute approximate surface area is 370 Å². The van der Waals surface area contributed by atoms with Crippen LogP contribution in [-0.4, -0.2) is 88.2 Å². The van der Waals surface area contributed by atoms with Gasteiger partial charge in [0.05, 0.1) is 0 Å². The Morgan fingerprint density at radius 1 is 0.263 bits per heavy atom. The van der Waals surface area contributed by atoms with Crippen LogP contribution < -0.4 is 0 Å². The maximum atomic E-state index is 12.9. The predicted molar refractivity (Wildman–Crippen MR) is 235 cm³/mol. The second kappa shape index (κ2) is 28.5. The molecule has 0 unspecified atom stereocenters. The summed E-state index contributed by atoms with van der Waals surface area (Å²) in [5, 5.41) is 7.00. The fourth-order valence-electron chi connectivity index (χ4n) is 7.56. The van der Waals surface area contributed by atoms with Gasteiger partial charge in [0.2, 0.25) is 0 Å². The van der Waals surface area contributed by atoms with Crippen LogP contribution in [0.25, 0.3) is 0 Å². The molecule has 0 aromatic heterocycles. The Kier molecular flexibility index (Phi) is 28.4. The molecule has 57 heavy (non-hydrogen) atoms. The minimum atomic E-state index is -4.23. The monoisotopic (exact) mass is 968 g/mol. The number of fused-ring (bicyclic) bond motifs is 3. The fourth-order valence-corrected chi connectivity index (χ4v) is 45.2. The molecule has 3 aliphatic rings. The van der Waals surface area contributed by atoms with Crippen LogP contribution in [0.2, 0.25) is 42.3 Å². The van der Waals surface area contributed by atoms with Crippen LogP contribution in [0.15, 0.2) is 0 Å². The molecule has 4 N–H and O–H groups in total. The number of unbranched alkanes of at least 4 members (excludes halogenated alkanes) is 14. The van der Waals surface area contributed by atoms with Crippen LogP contribution in [0.1, 0.15) is 183 Å². The van der Waals surface area contributed by atoms with Crippen LogP contribution in [0.5, 0.6) is 0 Å². The van der Waals surface area contributed by atoms with Crippen molar-refractivity contribution in [3.63, 3.8) is 0 Å². The summed E-state index contributed by atoms with van der Waals surface area (Å²) in [6.07, 6.45) is 17.9. The number of hydrogen-bond donors (Lipinski definition) is 4. The minimum absolute atomic E-state index is 0. The first-order valence-electron chi connectivity index (χ1n) is 22.7. The van der Waals surface area contributed by atoms with Gasteiger partial charge >= 0.3 is 61.6 Å². The molecule has 338 valence electrons. The van der Waals surface area contributed by atoms with E-state index in [1.54, 1.807) is 0 Å². The molecule has 0 aliphatic carbocycles. The molecule has 0 spiro atoms. The molecule has 3 aliphatic heterocycles. The van der Waals surface area contributed by atoms with Crippen molar-refractivity contribution in [2.75, 3.05) is 7.11 Å². The molecule has 21 heteroatoms. The Morgan fingerprint density at radius 3 is 0.596 bits per heavy atom. The summed E-state index contributed by atoms with van der Waals surface area (Å²) in [7, 11) is -27.8. The Hall–Kier alpha value is 1.71. The van der Waals surface area contributed by atoms with E-state index in [1.165, 1.54) is 0 Å². The molecule has 3 fully saturated rings. The van der Waals surface area contributed by atoms with Crippen LogP contribution in [-0.2, 0) is 58.8 Å². The molecule has 0 radical (unpaired) electrons. The third-order valence-electron chi connectivity index (χ3n) is 10.5.